The Labute approximate surface area is 87.1 Å². The Bertz CT molecular complexity index is 294. The molecule has 1 fully saturated rings. The molecule has 0 amide bonds. The van der Waals surface area contributed by atoms with Gasteiger partial charge in [-0.1, -0.05) is 0 Å². The van der Waals surface area contributed by atoms with Gasteiger partial charge in [-0.2, -0.15) is 4.37 Å². The van der Waals surface area contributed by atoms with Gasteiger partial charge in [0.05, 0.1) is 6.67 Å². The average molecular weight is 215 g/mol. The summed E-state index contributed by atoms with van der Waals surface area (Å²) in [6, 6.07) is 0. The van der Waals surface area contributed by atoms with E-state index in [2.05, 4.69) is 14.3 Å². The van der Waals surface area contributed by atoms with Crippen LogP contribution in [0.2, 0.25) is 0 Å². The van der Waals surface area contributed by atoms with Crippen molar-refractivity contribution in [1.29, 1.82) is 0 Å². The zero-order chi connectivity index (χ0) is 9.97. The molecule has 1 aromatic heterocycles. The van der Waals surface area contributed by atoms with Crippen molar-refractivity contribution in [3.05, 3.63) is 5.82 Å². The number of piperidine rings is 1. The molecule has 1 aliphatic rings. The summed E-state index contributed by atoms with van der Waals surface area (Å²) in [5.74, 6) is 1.10. The van der Waals surface area contributed by atoms with Crippen molar-refractivity contribution in [2.75, 3.05) is 24.7 Å². The number of halogens is 1. The molecule has 5 heteroatoms. The van der Waals surface area contributed by atoms with Crippen molar-refractivity contribution in [3.63, 3.8) is 0 Å². The second-order valence-corrected chi connectivity index (χ2v) is 4.44. The molecule has 14 heavy (non-hydrogen) atoms. The first-order valence-corrected chi connectivity index (χ1v) is 5.68. The predicted molar refractivity (Wildman–Crippen MR) is 55.6 cm³/mol. The van der Waals surface area contributed by atoms with Crippen LogP contribution in [0.5, 0.6) is 0 Å². The number of hydrogen-bond donors (Lipinski definition) is 0. The normalized spacial score (nSPS) is 18.9. The highest BCUT2D eigenvalue weighted by Crippen LogP contribution is 2.24. The largest absolute Gasteiger partial charge is 0.347 e. The molecule has 2 rings (SSSR count). The van der Waals surface area contributed by atoms with Gasteiger partial charge in [0, 0.05) is 24.6 Å². The highest BCUT2D eigenvalue weighted by atomic mass is 32.1. The molecule has 0 atom stereocenters. The molecule has 1 aromatic rings. The van der Waals surface area contributed by atoms with Crippen LogP contribution in [-0.4, -0.2) is 29.1 Å². The first-order chi connectivity index (χ1) is 6.79. The number of aryl methyl sites for hydroxylation is 1. The summed E-state index contributed by atoms with van der Waals surface area (Å²) < 4.78 is 16.5. The van der Waals surface area contributed by atoms with Gasteiger partial charge in [0.25, 0.3) is 0 Å². The zero-order valence-corrected chi connectivity index (χ0v) is 9.06. The Kier molecular flexibility index (Phi) is 2.96. The van der Waals surface area contributed by atoms with E-state index in [1.165, 1.54) is 11.5 Å². The highest BCUT2D eigenvalue weighted by Gasteiger charge is 2.20. The minimum atomic E-state index is -0.178. The summed E-state index contributed by atoms with van der Waals surface area (Å²) in [5, 5.41) is 0.986. The van der Waals surface area contributed by atoms with Crippen LogP contribution < -0.4 is 4.90 Å². The van der Waals surface area contributed by atoms with Gasteiger partial charge < -0.3 is 4.90 Å². The fourth-order valence-electron chi connectivity index (χ4n) is 1.69. The number of hydrogen-bond acceptors (Lipinski definition) is 4. The van der Waals surface area contributed by atoms with E-state index in [0.29, 0.717) is 0 Å². The average Bonchev–Trinajstić information content (AvgIpc) is 2.65. The summed E-state index contributed by atoms with van der Waals surface area (Å²) in [7, 11) is 0. The molecule has 3 nitrogen and oxygen atoms in total. The summed E-state index contributed by atoms with van der Waals surface area (Å²) in [4.78, 5) is 6.53. The summed E-state index contributed by atoms with van der Waals surface area (Å²) in [6.07, 6.45) is 1.88. The molecular weight excluding hydrogens is 201 g/mol. The Hall–Kier alpha value is -0.710. The number of nitrogens with zero attached hydrogens (tertiary/aromatic N) is 3. The lowest BCUT2D eigenvalue weighted by molar-refractivity contribution is 0.307. The van der Waals surface area contributed by atoms with E-state index in [0.717, 1.165) is 36.9 Å². The summed E-state index contributed by atoms with van der Waals surface area (Å²) in [5.41, 5.74) is 0. The predicted octanol–water partition coefficient (Wildman–Crippen LogP) is 2.03. The monoisotopic (exact) mass is 215 g/mol. The van der Waals surface area contributed by atoms with Crippen LogP contribution >= 0.6 is 11.5 Å². The number of aromatic nitrogens is 2. The highest BCUT2D eigenvalue weighted by molar-refractivity contribution is 7.09. The molecule has 0 aromatic carbocycles. The van der Waals surface area contributed by atoms with Crippen molar-refractivity contribution < 1.29 is 4.39 Å². The smallest absolute Gasteiger partial charge is 0.205 e. The third kappa shape index (κ3) is 2.03. The lowest BCUT2D eigenvalue weighted by atomic mass is 9.99. The van der Waals surface area contributed by atoms with Gasteiger partial charge in [-0.05, 0) is 25.7 Å². The van der Waals surface area contributed by atoms with Crippen molar-refractivity contribution in [2.24, 2.45) is 5.92 Å². The maximum atomic E-state index is 12.4. The quantitative estimate of drug-likeness (QED) is 0.756. The molecule has 0 bridgehead atoms. The van der Waals surface area contributed by atoms with Crippen molar-refractivity contribution in [2.45, 2.75) is 19.8 Å². The number of rotatable bonds is 2. The molecule has 2 heterocycles. The lowest BCUT2D eigenvalue weighted by Gasteiger charge is -2.29. The number of alkyl halides is 1. The Morgan fingerprint density at radius 2 is 2.21 bits per heavy atom. The Morgan fingerprint density at radius 1 is 1.50 bits per heavy atom. The minimum absolute atomic E-state index is 0.178. The van der Waals surface area contributed by atoms with Crippen LogP contribution in [-0.2, 0) is 0 Å². The van der Waals surface area contributed by atoms with Gasteiger partial charge in [0.2, 0.25) is 5.13 Å². The van der Waals surface area contributed by atoms with Crippen LogP contribution in [0.15, 0.2) is 0 Å². The van der Waals surface area contributed by atoms with Gasteiger partial charge in [-0.15, -0.1) is 0 Å². The van der Waals surface area contributed by atoms with E-state index < -0.39 is 0 Å². The molecule has 0 spiro atoms. The second kappa shape index (κ2) is 4.21. The van der Waals surface area contributed by atoms with Gasteiger partial charge in [-0.3, -0.25) is 4.39 Å². The molecule has 1 aliphatic heterocycles. The fourth-order valence-corrected chi connectivity index (χ4v) is 2.42. The molecule has 0 unspecified atom stereocenters. The maximum absolute atomic E-state index is 12.4. The van der Waals surface area contributed by atoms with Crippen molar-refractivity contribution in [1.82, 2.24) is 9.36 Å². The first kappa shape index (κ1) is 9.83. The molecular formula is C9H14FN3S. The topological polar surface area (TPSA) is 29.0 Å². The van der Waals surface area contributed by atoms with E-state index in [9.17, 15) is 4.39 Å². The number of anilines is 1. The van der Waals surface area contributed by atoms with Crippen LogP contribution in [0, 0.1) is 12.8 Å². The third-order valence-electron chi connectivity index (χ3n) is 2.62. The van der Waals surface area contributed by atoms with E-state index in [4.69, 9.17) is 0 Å². The maximum Gasteiger partial charge on any atom is 0.205 e. The molecule has 1 saturated heterocycles. The van der Waals surface area contributed by atoms with Crippen molar-refractivity contribution in [3.8, 4) is 0 Å². The van der Waals surface area contributed by atoms with Crippen LogP contribution in [0.3, 0.4) is 0 Å². The van der Waals surface area contributed by atoms with Gasteiger partial charge in [0.15, 0.2) is 0 Å². The van der Waals surface area contributed by atoms with Crippen molar-refractivity contribution >= 4 is 16.7 Å². The van der Waals surface area contributed by atoms with Crippen LogP contribution in [0.1, 0.15) is 18.7 Å². The minimum Gasteiger partial charge on any atom is -0.347 e. The molecule has 0 aliphatic carbocycles. The van der Waals surface area contributed by atoms with E-state index >= 15 is 0 Å². The SMILES string of the molecule is Cc1nsc(N2CCC(CF)CC2)n1. The molecule has 0 N–H and O–H groups in total. The van der Waals surface area contributed by atoms with Crippen LogP contribution in [0.25, 0.3) is 0 Å². The lowest BCUT2D eigenvalue weighted by Crippen LogP contribution is -2.34. The Balaban J connectivity index is 1.95. The van der Waals surface area contributed by atoms with Crippen LogP contribution in [0.4, 0.5) is 9.52 Å². The van der Waals surface area contributed by atoms with Gasteiger partial charge in [0.1, 0.15) is 5.82 Å². The summed E-state index contributed by atoms with van der Waals surface area (Å²) in [6.45, 7) is 3.56. The zero-order valence-electron chi connectivity index (χ0n) is 8.24. The first-order valence-electron chi connectivity index (χ1n) is 4.91. The summed E-state index contributed by atoms with van der Waals surface area (Å²) >= 11 is 1.44. The fraction of sp³-hybridized carbons (Fsp3) is 0.778. The van der Waals surface area contributed by atoms with E-state index in [1.807, 2.05) is 6.92 Å². The molecule has 0 radical (unpaired) electrons. The molecule has 0 saturated carbocycles. The second-order valence-electron chi connectivity index (χ2n) is 3.71. The van der Waals surface area contributed by atoms with E-state index in [-0.39, 0.29) is 12.6 Å². The van der Waals surface area contributed by atoms with Gasteiger partial charge in [-0.25, -0.2) is 4.98 Å². The molecule has 78 valence electrons. The van der Waals surface area contributed by atoms with Gasteiger partial charge >= 0.3 is 0 Å². The Morgan fingerprint density at radius 3 is 2.71 bits per heavy atom. The standard InChI is InChI=1S/C9H14FN3S/c1-7-11-9(14-12-7)13-4-2-8(6-10)3-5-13/h8H,2-6H2,1H3. The van der Waals surface area contributed by atoms with E-state index in [1.54, 1.807) is 0 Å². The third-order valence-corrected chi connectivity index (χ3v) is 3.49.